The molecule has 1 N–H and O–H groups in total. The standard InChI is InChI=1S/C17H10Cl2F3NO3S/c1-25-11-7-6-10-12(18)15(27-14(10)13(11)19)16(24)23-8-2-4-9(5-3-8)26-17(20,21)22/h2-7H,1H3,(H,23,24). The molecule has 0 unspecified atom stereocenters. The van der Waals surface area contributed by atoms with Gasteiger partial charge in [0, 0.05) is 11.1 Å². The van der Waals surface area contributed by atoms with E-state index in [4.69, 9.17) is 27.9 Å². The van der Waals surface area contributed by atoms with Crippen molar-refractivity contribution in [2.75, 3.05) is 12.4 Å². The van der Waals surface area contributed by atoms with Crippen LogP contribution in [0, 0.1) is 0 Å². The molecule has 142 valence electrons. The van der Waals surface area contributed by atoms with Gasteiger partial charge in [-0.2, -0.15) is 0 Å². The summed E-state index contributed by atoms with van der Waals surface area (Å²) in [6.45, 7) is 0. The predicted molar refractivity (Wildman–Crippen MR) is 99.5 cm³/mol. The highest BCUT2D eigenvalue weighted by atomic mass is 35.5. The Kier molecular flexibility index (Phi) is 5.41. The number of methoxy groups -OCH3 is 1. The Bertz CT molecular complexity index is 1000. The van der Waals surface area contributed by atoms with Crippen LogP contribution in [0.1, 0.15) is 9.67 Å². The molecule has 0 aliphatic heterocycles. The van der Waals surface area contributed by atoms with Gasteiger partial charge in [0.15, 0.2) is 0 Å². The molecule has 0 aliphatic carbocycles. The summed E-state index contributed by atoms with van der Waals surface area (Å²) in [7, 11) is 1.47. The van der Waals surface area contributed by atoms with E-state index < -0.39 is 12.3 Å². The first-order chi connectivity index (χ1) is 12.7. The number of carbonyl (C=O) groups excluding carboxylic acids is 1. The number of hydrogen-bond acceptors (Lipinski definition) is 4. The van der Waals surface area contributed by atoms with Crippen molar-refractivity contribution in [1.82, 2.24) is 0 Å². The van der Waals surface area contributed by atoms with Gasteiger partial charge in [0.2, 0.25) is 0 Å². The van der Waals surface area contributed by atoms with E-state index in [2.05, 4.69) is 10.1 Å². The van der Waals surface area contributed by atoms with E-state index in [1.807, 2.05) is 0 Å². The Morgan fingerprint density at radius 3 is 2.33 bits per heavy atom. The minimum Gasteiger partial charge on any atom is -0.495 e. The summed E-state index contributed by atoms with van der Waals surface area (Å²) in [6, 6.07) is 8.10. The van der Waals surface area contributed by atoms with Gasteiger partial charge < -0.3 is 14.8 Å². The van der Waals surface area contributed by atoms with Gasteiger partial charge in [-0.25, -0.2) is 0 Å². The number of alkyl halides is 3. The molecule has 0 fully saturated rings. The van der Waals surface area contributed by atoms with Crippen molar-refractivity contribution in [1.29, 1.82) is 0 Å². The van der Waals surface area contributed by atoms with E-state index in [0.717, 1.165) is 23.5 Å². The lowest BCUT2D eigenvalue weighted by Crippen LogP contribution is -2.17. The molecule has 0 radical (unpaired) electrons. The molecule has 27 heavy (non-hydrogen) atoms. The number of carbonyl (C=O) groups is 1. The van der Waals surface area contributed by atoms with Crippen molar-refractivity contribution in [3.05, 3.63) is 51.3 Å². The van der Waals surface area contributed by atoms with E-state index in [0.29, 0.717) is 20.9 Å². The molecule has 0 aliphatic rings. The van der Waals surface area contributed by atoms with Crippen molar-refractivity contribution in [2.45, 2.75) is 6.36 Å². The smallest absolute Gasteiger partial charge is 0.495 e. The number of thiophene rings is 1. The summed E-state index contributed by atoms with van der Waals surface area (Å²) in [5, 5.41) is 3.75. The fourth-order valence-electron chi connectivity index (χ4n) is 2.31. The van der Waals surface area contributed by atoms with Crippen LogP contribution in [0.3, 0.4) is 0 Å². The van der Waals surface area contributed by atoms with Crippen LogP contribution < -0.4 is 14.8 Å². The van der Waals surface area contributed by atoms with Crippen LogP contribution in [0.15, 0.2) is 36.4 Å². The highest BCUT2D eigenvalue weighted by Crippen LogP contribution is 2.43. The number of fused-ring (bicyclic) bond motifs is 1. The van der Waals surface area contributed by atoms with Crippen LogP contribution in [-0.2, 0) is 0 Å². The van der Waals surface area contributed by atoms with E-state index in [9.17, 15) is 18.0 Å². The lowest BCUT2D eigenvalue weighted by molar-refractivity contribution is -0.274. The number of rotatable bonds is 4. The van der Waals surface area contributed by atoms with Crippen LogP contribution in [-0.4, -0.2) is 19.4 Å². The van der Waals surface area contributed by atoms with Crippen LogP contribution in [0.5, 0.6) is 11.5 Å². The van der Waals surface area contributed by atoms with Gasteiger partial charge in [0.25, 0.3) is 5.91 Å². The normalized spacial score (nSPS) is 11.5. The zero-order valence-electron chi connectivity index (χ0n) is 13.5. The van der Waals surface area contributed by atoms with Crippen LogP contribution in [0.25, 0.3) is 10.1 Å². The molecular formula is C17H10Cl2F3NO3S. The van der Waals surface area contributed by atoms with E-state index >= 15 is 0 Å². The monoisotopic (exact) mass is 435 g/mol. The van der Waals surface area contributed by atoms with Crippen molar-refractivity contribution in [3.8, 4) is 11.5 Å². The maximum absolute atomic E-state index is 12.5. The number of halogens is 5. The number of benzene rings is 2. The first-order valence-corrected chi connectivity index (χ1v) is 8.88. The van der Waals surface area contributed by atoms with Gasteiger partial charge in [-0.05, 0) is 36.4 Å². The third-order valence-electron chi connectivity index (χ3n) is 3.47. The summed E-state index contributed by atoms with van der Waals surface area (Å²) < 4.78 is 46.1. The third-order valence-corrected chi connectivity index (χ3v) is 5.69. The molecule has 10 heteroatoms. The Morgan fingerprint density at radius 1 is 1.07 bits per heavy atom. The lowest BCUT2D eigenvalue weighted by atomic mass is 10.2. The molecule has 0 saturated carbocycles. The largest absolute Gasteiger partial charge is 0.573 e. The lowest BCUT2D eigenvalue weighted by Gasteiger charge is -2.09. The van der Waals surface area contributed by atoms with Crippen molar-refractivity contribution in [2.24, 2.45) is 0 Å². The summed E-state index contributed by atoms with van der Waals surface area (Å²) in [6.07, 6.45) is -4.78. The topological polar surface area (TPSA) is 47.6 Å². The molecule has 0 spiro atoms. The maximum Gasteiger partial charge on any atom is 0.573 e. The first kappa shape index (κ1) is 19.6. The Balaban J connectivity index is 1.84. The fourth-order valence-corrected chi connectivity index (χ4v) is 4.10. The van der Waals surface area contributed by atoms with Crippen molar-refractivity contribution < 1.29 is 27.4 Å². The molecule has 0 bridgehead atoms. The van der Waals surface area contributed by atoms with Crippen LogP contribution in [0.2, 0.25) is 10.0 Å². The van der Waals surface area contributed by atoms with E-state index in [1.165, 1.54) is 19.2 Å². The van der Waals surface area contributed by atoms with Gasteiger partial charge >= 0.3 is 6.36 Å². The fraction of sp³-hybridized carbons (Fsp3) is 0.118. The second kappa shape index (κ2) is 7.46. The number of hydrogen-bond donors (Lipinski definition) is 1. The summed E-state index contributed by atoms with van der Waals surface area (Å²) in [5.41, 5.74) is 0.284. The van der Waals surface area contributed by atoms with E-state index in [1.54, 1.807) is 12.1 Å². The van der Waals surface area contributed by atoms with Gasteiger partial charge in [-0.15, -0.1) is 24.5 Å². The van der Waals surface area contributed by atoms with Gasteiger partial charge in [-0.1, -0.05) is 23.2 Å². The summed E-state index contributed by atoms with van der Waals surface area (Å²) in [4.78, 5) is 12.7. The summed E-state index contributed by atoms with van der Waals surface area (Å²) in [5.74, 6) is -0.450. The molecule has 0 saturated heterocycles. The van der Waals surface area contributed by atoms with E-state index in [-0.39, 0.29) is 21.3 Å². The number of nitrogens with one attached hydrogen (secondary N) is 1. The molecule has 0 atom stereocenters. The second-order valence-corrected chi connectivity index (χ2v) is 7.01. The van der Waals surface area contributed by atoms with Gasteiger partial charge in [-0.3, -0.25) is 4.79 Å². The summed E-state index contributed by atoms with van der Waals surface area (Å²) >= 11 is 13.6. The Hall–Kier alpha value is -2.16. The number of amides is 1. The average Bonchev–Trinajstić information content (AvgIpc) is 2.94. The minimum absolute atomic E-state index is 0.220. The number of anilines is 1. The van der Waals surface area contributed by atoms with Gasteiger partial charge in [0.05, 0.1) is 16.8 Å². The predicted octanol–water partition coefficient (Wildman–Crippen LogP) is 6.37. The molecule has 4 nitrogen and oxygen atoms in total. The minimum atomic E-state index is -4.78. The highest BCUT2D eigenvalue weighted by molar-refractivity contribution is 7.22. The van der Waals surface area contributed by atoms with Gasteiger partial charge in [0.1, 0.15) is 21.4 Å². The second-order valence-electron chi connectivity index (χ2n) is 5.23. The molecule has 2 aromatic carbocycles. The zero-order valence-corrected chi connectivity index (χ0v) is 15.8. The molecule has 1 heterocycles. The third kappa shape index (κ3) is 4.23. The molecule has 3 aromatic rings. The maximum atomic E-state index is 12.5. The highest BCUT2D eigenvalue weighted by Gasteiger charge is 2.31. The molecule has 1 aromatic heterocycles. The van der Waals surface area contributed by atoms with Crippen LogP contribution >= 0.6 is 34.5 Å². The quantitative estimate of drug-likeness (QED) is 0.517. The first-order valence-electron chi connectivity index (χ1n) is 7.31. The SMILES string of the molecule is COc1ccc2c(Cl)c(C(=O)Nc3ccc(OC(F)(F)F)cc3)sc2c1Cl. The Morgan fingerprint density at radius 2 is 1.74 bits per heavy atom. The molecule has 1 amide bonds. The zero-order chi connectivity index (χ0) is 19.8. The number of ether oxygens (including phenoxy) is 2. The average molecular weight is 436 g/mol. The van der Waals surface area contributed by atoms with Crippen LogP contribution in [0.4, 0.5) is 18.9 Å². The van der Waals surface area contributed by atoms with Crippen molar-refractivity contribution in [3.63, 3.8) is 0 Å². The molecular weight excluding hydrogens is 426 g/mol. The molecule has 3 rings (SSSR count). The Labute approximate surface area is 165 Å². The van der Waals surface area contributed by atoms with Crippen molar-refractivity contribution >= 4 is 56.2 Å².